The lowest BCUT2D eigenvalue weighted by molar-refractivity contribution is -0.117. The van der Waals surface area contributed by atoms with E-state index in [1.54, 1.807) is 0 Å². The molecule has 0 unspecified atom stereocenters. The number of hydrogen-bond donors (Lipinski definition) is 3. The molecule has 0 aromatic carbocycles. The number of hydrazine groups is 1. The highest BCUT2D eigenvalue weighted by Crippen LogP contribution is 2.06. The van der Waals surface area contributed by atoms with Crippen LogP contribution in [0.15, 0.2) is 36.0 Å². The van der Waals surface area contributed by atoms with Gasteiger partial charge in [-0.05, 0) is 31.8 Å². The highest BCUT2D eigenvalue weighted by atomic mass is 16.1. The Morgan fingerprint density at radius 2 is 1.89 bits per heavy atom. The van der Waals surface area contributed by atoms with E-state index < -0.39 is 0 Å². The Labute approximate surface area is 115 Å². The molecule has 0 heterocycles. The third kappa shape index (κ3) is 7.59. The van der Waals surface area contributed by atoms with Crippen molar-refractivity contribution in [1.82, 2.24) is 10.7 Å². The van der Waals surface area contributed by atoms with Crippen molar-refractivity contribution in [1.29, 1.82) is 0 Å². The summed E-state index contributed by atoms with van der Waals surface area (Å²) < 4.78 is 0. The zero-order valence-electron chi connectivity index (χ0n) is 11.5. The second-order valence-corrected chi connectivity index (χ2v) is 4.65. The van der Waals surface area contributed by atoms with Crippen LogP contribution >= 0.6 is 0 Å². The molecule has 0 aliphatic heterocycles. The van der Waals surface area contributed by atoms with E-state index in [-0.39, 0.29) is 5.91 Å². The van der Waals surface area contributed by atoms with Crippen molar-refractivity contribution in [2.75, 3.05) is 13.1 Å². The fourth-order valence-electron chi connectivity index (χ4n) is 1.92. The van der Waals surface area contributed by atoms with Gasteiger partial charge in [0, 0.05) is 18.7 Å². The number of amides is 1. The van der Waals surface area contributed by atoms with Crippen molar-refractivity contribution in [2.45, 2.75) is 38.5 Å². The van der Waals surface area contributed by atoms with Gasteiger partial charge in [-0.2, -0.15) is 0 Å². The SMILES string of the molecule is NNCCCCCCNC(=O)C1=C/CC\C=C/C=C\1. The van der Waals surface area contributed by atoms with Crippen molar-refractivity contribution in [3.63, 3.8) is 0 Å². The summed E-state index contributed by atoms with van der Waals surface area (Å²) in [6.45, 7) is 1.60. The number of unbranched alkanes of at least 4 members (excludes halogenated alkanes) is 3. The van der Waals surface area contributed by atoms with Gasteiger partial charge in [-0.15, -0.1) is 0 Å². The maximum atomic E-state index is 11.9. The minimum atomic E-state index is 0.0372. The standard InChI is InChI=1S/C15H25N3O/c16-18-13-9-5-4-8-12-17-15(19)14-10-6-2-1-3-7-11-14/h1-2,6,10-11,18H,3-5,7-9,12-13,16H2,(H,17,19)/b2-1-,10-6-,14-11+. The third-order valence-electron chi connectivity index (χ3n) is 3.02. The van der Waals surface area contributed by atoms with Crippen LogP contribution in [0.2, 0.25) is 0 Å². The molecule has 0 radical (unpaired) electrons. The van der Waals surface area contributed by atoms with Crippen LogP contribution in [0.25, 0.3) is 0 Å². The van der Waals surface area contributed by atoms with E-state index in [1.807, 2.05) is 24.3 Å². The second-order valence-electron chi connectivity index (χ2n) is 4.65. The van der Waals surface area contributed by atoms with Gasteiger partial charge < -0.3 is 5.32 Å². The maximum absolute atomic E-state index is 11.9. The smallest absolute Gasteiger partial charge is 0.250 e. The van der Waals surface area contributed by atoms with E-state index in [4.69, 9.17) is 5.84 Å². The molecular weight excluding hydrogens is 238 g/mol. The summed E-state index contributed by atoms with van der Waals surface area (Å²) in [5.74, 6) is 5.23. The van der Waals surface area contributed by atoms with E-state index in [0.717, 1.165) is 57.2 Å². The summed E-state index contributed by atoms with van der Waals surface area (Å²) in [5.41, 5.74) is 3.42. The lowest BCUT2D eigenvalue weighted by Gasteiger charge is -2.07. The average Bonchev–Trinajstić information content (AvgIpc) is 2.37. The quantitative estimate of drug-likeness (QED) is 0.356. The van der Waals surface area contributed by atoms with Gasteiger partial charge in [0.2, 0.25) is 0 Å². The van der Waals surface area contributed by atoms with Gasteiger partial charge in [0.1, 0.15) is 0 Å². The Hall–Kier alpha value is -1.39. The van der Waals surface area contributed by atoms with Gasteiger partial charge in [0.05, 0.1) is 0 Å². The highest BCUT2D eigenvalue weighted by Gasteiger charge is 2.05. The van der Waals surface area contributed by atoms with Crippen LogP contribution in [-0.4, -0.2) is 19.0 Å². The minimum absolute atomic E-state index is 0.0372. The van der Waals surface area contributed by atoms with Crippen LogP contribution in [-0.2, 0) is 4.79 Å². The molecule has 0 spiro atoms. The molecule has 0 bridgehead atoms. The molecule has 0 fully saturated rings. The van der Waals surface area contributed by atoms with Crippen LogP contribution in [0, 0.1) is 0 Å². The van der Waals surface area contributed by atoms with Crippen molar-refractivity contribution in [3.8, 4) is 0 Å². The molecule has 0 atom stereocenters. The summed E-state index contributed by atoms with van der Waals surface area (Å²) >= 11 is 0. The van der Waals surface area contributed by atoms with Crippen molar-refractivity contribution in [2.24, 2.45) is 5.84 Å². The molecular formula is C15H25N3O. The number of allylic oxidation sites excluding steroid dienone is 4. The Morgan fingerprint density at radius 3 is 2.68 bits per heavy atom. The van der Waals surface area contributed by atoms with Gasteiger partial charge >= 0.3 is 0 Å². The largest absolute Gasteiger partial charge is 0.352 e. The third-order valence-corrected chi connectivity index (χ3v) is 3.02. The van der Waals surface area contributed by atoms with Crippen molar-refractivity contribution >= 4 is 5.91 Å². The summed E-state index contributed by atoms with van der Waals surface area (Å²) in [4.78, 5) is 11.9. The van der Waals surface area contributed by atoms with E-state index in [2.05, 4.69) is 16.8 Å². The first-order valence-corrected chi connectivity index (χ1v) is 7.09. The molecule has 4 nitrogen and oxygen atoms in total. The normalized spacial score (nSPS) is 20.8. The zero-order valence-corrected chi connectivity index (χ0v) is 11.5. The molecule has 0 aromatic rings. The summed E-state index contributed by atoms with van der Waals surface area (Å²) in [5, 5.41) is 2.97. The molecule has 1 rings (SSSR count). The van der Waals surface area contributed by atoms with Crippen molar-refractivity contribution in [3.05, 3.63) is 36.0 Å². The van der Waals surface area contributed by atoms with Crippen LogP contribution in [0.4, 0.5) is 0 Å². The average molecular weight is 263 g/mol. The summed E-state index contributed by atoms with van der Waals surface area (Å²) in [7, 11) is 0. The van der Waals surface area contributed by atoms with E-state index in [1.165, 1.54) is 0 Å². The molecule has 0 saturated heterocycles. The van der Waals surface area contributed by atoms with Crippen molar-refractivity contribution < 1.29 is 4.79 Å². The predicted molar refractivity (Wildman–Crippen MR) is 79.3 cm³/mol. The highest BCUT2D eigenvalue weighted by molar-refractivity contribution is 5.96. The molecule has 1 aliphatic carbocycles. The lowest BCUT2D eigenvalue weighted by Crippen LogP contribution is -2.25. The van der Waals surface area contributed by atoms with Gasteiger partial charge in [-0.25, -0.2) is 0 Å². The Morgan fingerprint density at radius 1 is 1.11 bits per heavy atom. The van der Waals surface area contributed by atoms with Crippen LogP contribution in [0.3, 0.4) is 0 Å². The monoisotopic (exact) mass is 263 g/mol. The summed E-state index contributed by atoms with van der Waals surface area (Å²) in [6, 6.07) is 0. The molecule has 0 aromatic heterocycles. The first-order valence-electron chi connectivity index (χ1n) is 7.09. The Balaban J connectivity index is 2.15. The minimum Gasteiger partial charge on any atom is -0.352 e. The number of carbonyl (C=O) groups excluding carboxylic acids is 1. The first-order chi connectivity index (χ1) is 9.34. The van der Waals surface area contributed by atoms with Crippen LogP contribution in [0.1, 0.15) is 38.5 Å². The van der Waals surface area contributed by atoms with E-state index >= 15 is 0 Å². The summed E-state index contributed by atoms with van der Waals surface area (Å²) in [6.07, 6.45) is 16.2. The molecule has 0 saturated carbocycles. The molecule has 4 N–H and O–H groups in total. The van der Waals surface area contributed by atoms with Gasteiger partial charge in [0.15, 0.2) is 0 Å². The Kier molecular flexibility index (Phi) is 8.68. The van der Waals surface area contributed by atoms with Gasteiger partial charge in [-0.3, -0.25) is 16.1 Å². The number of carbonyl (C=O) groups is 1. The topological polar surface area (TPSA) is 67.2 Å². The van der Waals surface area contributed by atoms with Crippen LogP contribution < -0.4 is 16.6 Å². The number of hydrogen-bond acceptors (Lipinski definition) is 3. The van der Waals surface area contributed by atoms with E-state index in [9.17, 15) is 4.79 Å². The molecule has 106 valence electrons. The lowest BCUT2D eigenvalue weighted by atomic mass is 10.1. The molecule has 4 heteroatoms. The maximum Gasteiger partial charge on any atom is 0.250 e. The number of nitrogens with one attached hydrogen (secondary N) is 2. The molecule has 19 heavy (non-hydrogen) atoms. The molecule has 1 aliphatic rings. The molecule has 1 amide bonds. The van der Waals surface area contributed by atoms with Gasteiger partial charge in [0.25, 0.3) is 5.91 Å². The number of nitrogens with two attached hydrogens (primary N) is 1. The zero-order chi connectivity index (χ0) is 13.8. The fourth-order valence-corrected chi connectivity index (χ4v) is 1.92. The first kappa shape index (κ1) is 15.7. The number of rotatable bonds is 8. The van der Waals surface area contributed by atoms with Crippen LogP contribution in [0.5, 0.6) is 0 Å². The van der Waals surface area contributed by atoms with E-state index in [0.29, 0.717) is 0 Å². The predicted octanol–water partition coefficient (Wildman–Crippen LogP) is 1.96. The second kappa shape index (κ2) is 10.5. The van der Waals surface area contributed by atoms with Gasteiger partial charge in [-0.1, -0.05) is 37.1 Å². The fraction of sp³-hybridized carbons (Fsp3) is 0.533. The Bertz CT molecular complexity index is 345.